The molecule has 4 rings (SSSR count). The number of ether oxygens (including phenoxy) is 2. The van der Waals surface area contributed by atoms with E-state index in [1.807, 2.05) is 30.3 Å². The minimum absolute atomic E-state index is 0.000371. The van der Waals surface area contributed by atoms with Crippen LogP contribution in [0.25, 0.3) is 0 Å². The van der Waals surface area contributed by atoms with Gasteiger partial charge in [0.2, 0.25) is 5.91 Å². The van der Waals surface area contributed by atoms with Crippen LogP contribution in [0.1, 0.15) is 71.3 Å². The predicted molar refractivity (Wildman–Crippen MR) is 139 cm³/mol. The molecule has 188 valence electrons. The molecule has 35 heavy (non-hydrogen) atoms. The van der Waals surface area contributed by atoms with Crippen molar-refractivity contribution in [1.29, 1.82) is 0 Å². The second-order valence-corrected chi connectivity index (χ2v) is 10.7. The number of nitrogens with zero attached hydrogens (tertiary/aromatic N) is 1. The summed E-state index contributed by atoms with van der Waals surface area (Å²) in [6.45, 7) is 7.29. The molecule has 6 heteroatoms. The number of carbonyl (C=O) groups excluding carboxylic acids is 2. The summed E-state index contributed by atoms with van der Waals surface area (Å²) < 4.78 is 11.5. The molecule has 0 bridgehead atoms. The maximum absolute atomic E-state index is 12.6. The molecule has 1 aliphatic carbocycles. The molecule has 1 N–H and O–H groups in total. The first-order valence-electron chi connectivity index (χ1n) is 12.9. The summed E-state index contributed by atoms with van der Waals surface area (Å²) >= 11 is 0. The van der Waals surface area contributed by atoms with Crippen molar-refractivity contribution in [2.45, 2.75) is 71.1 Å². The number of hydrogen-bond donors (Lipinski definition) is 1. The van der Waals surface area contributed by atoms with Crippen LogP contribution in [-0.4, -0.2) is 31.6 Å². The van der Waals surface area contributed by atoms with Crippen molar-refractivity contribution in [2.75, 3.05) is 30.0 Å². The number of benzene rings is 2. The molecule has 2 aliphatic rings. The predicted octanol–water partition coefficient (Wildman–Crippen LogP) is 6.09. The number of carbonyl (C=O) groups is 2. The maximum atomic E-state index is 12.6. The third-order valence-electron chi connectivity index (χ3n) is 6.99. The normalized spacial score (nSPS) is 16.4. The van der Waals surface area contributed by atoms with Crippen molar-refractivity contribution in [1.82, 2.24) is 0 Å². The third-order valence-corrected chi connectivity index (χ3v) is 6.99. The Morgan fingerprint density at radius 3 is 2.54 bits per heavy atom. The monoisotopic (exact) mass is 478 g/mol. The van der Waals surface area contributed by atoms with E-state index in [-0.39, 0.29) is 23.8 Å². The maximum Gasteiger partial charge on any atom is 0.265 e. The second-order valence-electron chi connectivity index (χ2n) is 10.7. The molecule has 0 spiro atoms. The van der Waals surface area contributed by atoms with Crippen LogP contribution in [0, 0.1) is 5.92 Å². The van der Waals surface area contributed by atoms with Crippen molar-refractivity contribution in [3.05, 3.63) is 48.0 Å². The lowest BCUT2D eigenvalue weighted by molar-refractivity contribution is -0.121. The highest BCUT2D eigenvalue weighted by atomic mass is 16.5. The summed E-state index contributed by atoms with van der Waals surface area (Å²) in [7, 11) is 0. The Bertz CT molecular complexity index is 1020. The Hall–Kier alpha value is -3.02. The van der Waals surface area contributed by atoms with Crippen molar-refractivity contribution < 1.29 is 19.1 Å². The van der Waals surface area contributed by atoms with Gasteiger partial charge in [-0.05, 0) is 53.6 Å². The van der Waals surface area contributed by atoms with Gasteiger partial charge in [-0.15, -0.1) is 0 Å². The first-order valence-corrected chi connectivity index (χ1v) is 12.9. The Balaban J connectivity index is 1.34. The van der Waals surface area contributed by atoms with Crippen LogP contribution >= 0.6 is 0 Å². The lowest BCUT2D eigenvalue weighted by Gasteiger charge is -2.30. The van der Waals surface area contributed by atoms with Crippen molar-refractivity contribution in [3.63, 3.8) is 0 Å². The van der Waals surface area contributed by atoms with Crippen molar-refractivity contribution >= 4 is 23.2 Å². The fourth-order valence-electron chi connectivity index (χ4n) is 4.87. The quantitative estimate of drug-likeness (QED) is 0.499. The van der Waals surface area contributed by atoms with Crippen LogP contribution in [0.2, 0.25) is 0 Å². The molecule has 1 fully saturated rings. The Morgan fingerprint density at radius 2 is 1.83 bits per heavy atom. The molecule has 2 amide bonds. The highest BCUT2D eigenvalue weighted by Gasteiger charge is 2.26. The number of rotatable bonds is 8. The van der Waals surface area contributed by atoms with E-state index in [0.29, 0.717) is 42.6 Å². The van der Waals surface area contributed by atoms with Crippen LogP contribution in [-0.2, 0) is 15.0 Å². The Morgan fingerprint density at radius 1 is 1.09 bits per heavy atom. The van der Waals surface area contributed by atoms with Gasteiger partial charge in [0.1, 0.15) is 18.1 Å². The molecule has 2 aromatic carbocycles. The van der Waals surface area contributed by atoms with Gasteiger partial charge in [-0.3, -0.25) is 9.59 Å². The van der Waals surface area contributed by atoms with Gasteiger partial charge >= 0.3 is 0 Å². The van der Waals surface area contributed by atoms with E-state index >= 15 is 0 Å². The van der Waals surface area contributed by atoms with E-state index < -0.39 is 0 Å². The number of amides is 2. The first-order chi connectivity index (χ1) is 16.8. The Labute approximate surface area is 209 Å². The largest absolute Gasteiger partial charge is 0.492 e. The van der Waals surface area contributed by atoms with Crippen LogP contribution in [0.4, 0.5) is 11.4 Å². The SMILES string of the molecule is CC(C)(C)c1ccc(OCCN2C(=O)COc3ccc(NC(=O)CCC4CCCCC4)cc32)cc1. The second kappa shape index (κ2) is 11.1. The van der Waals surface area contributed by atoms with Gasteiger partial charge in [0.15, 0.2) is 6.61 Å². The summed E-state index contributed by atoms with van der Waals surface area (Å²) in [6, 6.07) is 13.6. The van der Waals surface area contributed by atoms with E-state index in [2.05, 4.69) is 38.2 Å². The topological polar surface area (TPSA) is 67.9 Å². The van der Waals surface area contributed by atoms with Gasteiger partial charge in [-0.2, -0.15) is 0 Å². The molecule has 1 aliphatic heterocycles. The van der Waals surface area contributed by atoms with Gasteiger partial charge in [0, 0.05) is 12.1 Å². The summed E-state index contributed by atoms with van der Waals surface area (Å²) in [4.78, 5) is 26.8. The summed E-state index contributed by atoms with van der Waals surface area (Å²) in [5.41, 5.74) is 2.68. The van der Waals surface area contributed by atoms with Crippen molar-refractivity contribution in [2.24, 2.45) is 5.92 Å². The lowest BCUT2D eigenvalue weighted by atomic mass is 9.86. The summed E-state index contributed by atoms with van der Waals surface area (Å²) in [5, 5.41) is 3.00. The average molecular weight is 479 g/mol. The molecule has 0 atom stereocenters. The molecule has 0 unspecified atom stereocenters. The number of nitrogens with one attached hydrogen (secondary N) is 1. The van der Waals surface area contributed by atoms with E-state index in [0.717, 1.165) is 12.2 Å². The standard InChI is InChI=1S/C29H38N2O4/c1-29(2,3)22-10-13-24(14-11-22)34-18-17-31-25-19-23(12-15-26(25)35-20-28(31)33)30-27(32)16-9-21-7-5-4-6-8-21/h10-15,19,21H,4-9,16-18,20H2,1-3H3,(H,30,32). The van der Waals surface area contributed by atoms with Gasteiger partial charge < -0.3 is 19.7 Å². The summed E-state index contributed by atoms with van der Waals surface area (Å²) in [6.07, 6.45) is 7.84. The van der Waals surface area contributed by atoms with E-state index in [9.17, 15) is 9.59 Å². The molecule has 6 nitrogen and oxygen atoms in total. The number of fused-ring (bicyclic) bond motifs is 1. The zero-order chi connectivity index (χ0) is 24.8. The van der Waals surface area contributed by atoms with E-state index in [1.165, 1.54) is 37.7 Å². The highest BCUT2D eigenvalue weighted by Crippen LogP contribution is 2.35. The van der Waals surface area contributed by atoms with Crippen LogP contribution in [0.5, 0.6) is 11.5 Å². The number of anilines is 2. The molecular formula is C29H38N2O4. The van der Waals surface area contributed by atoms with Crippen LogP contribution < -0.4 is 19.7 Å². The van der Waals surface area contributed by atoms with E-state index in [1.54, 1.807) is 4.90 Å². The van der Waals surface area contributed by atoms with Gasteiger partial charge in [-0.1, -0.05) is 65.0 Å². The smallest absolute Gasteiger partial charge is 0.265 e. The zero-order valence-electron chi connectivity index (χ0n) is 21.3. The molecular weight excluding hydrogens is 440 g/mol. The average Bonchev–Trinajstić information content (AvgIpc) is 2.84. The first kappa shape index (κ1) is 25.1. The molecule has 0 radical (unpaired) electrons. The summed E-state index contributed by atoms with van der Waals surface area (Å²) in [5.74, 6) is 1.98. The van der Waals surface area contributed by atoms with Gasteiger partial charge in [0.05, 0.1) is 12.2 Å². The molecule has 0 saturated heterocycles. The van der Waals surface area contributed by atoms with Gasteiger partial charge in [-0.25, -0.2) is 0 Å². The molecule has 1 heterocycles. The fourth-order valence-corrected chi connectivity index (χ4v) is 4.87. The van der Waals surface area contributed by atoms with Crippen molar-refractivity contribution in [3.8, 4) is 11.5 Å². The molecule has 2 aromatic rings. The molecule has 0 aromatic heterocycles. The highest BCUT2D eigenvalue weighted by molar-refractivity contribution is 5.99. The lowest BCUT2D eigenvalue weighted by Crippen LogP contribution is -2.41. The number of hydrogen-bond acceptors (Lipinski definition) is 4. The third kappa shape index (κ3) is 6.77. The minimum Gasteiger partial charge on any atom is -0.492 e. The fraction of sp³-hybridized carbons (Fsp3) is 0.517. The van der Waals surface area contributed by atoms with Crippen LogP contribution in [0.15, 0.2) is 42.5 Å². The molecule has 1 saturated carbocycles. The van der Waals surface area contributed by atoms with Gasteiger partial charge in [0.25, 0.3) is 5.91 Å². The Kier molecular flexibility index (Phi) is 7.99. The minimum atomic E-state index is -0.120. The van der Waals surface area contributed by atoms with Crippen LogP contribution in [0.3, 0.4) is 0 Å². The van der Waals surface area contributed by atoms with E-state index in [4.69, 9.17) is 9.47 Å². The zero-order valence-corrected chi connectivity index (χ0v) is 21.3.